The molecular weight excluding hydrogens is 283 g/mol. The Labute approximate surface area is 148 Å². The molecule has 0 unspecified atom stereocenters. The van der Waals surface area contributed by atoms with Crippen LogP contribution < -0.4 is 0 Å². The van der Waals surface area contributed by atoms with Crippen molar-refractivity contribution in [2.24, 2.45) is 0 Å². The van der Waals surface area contributed by atoms with E-state index in [2.05, 4.69) is 13.5 Å². The van der Waals surface area contributed by atoms with Gasteiger partial charge in [-0.25, -0.2) is 0 Å². The summed E-state index contributed by atoms with van der Waals surface area (Å²) >= 11 is 0. The summed E-state index contributed by atoms with van der Waals surface area (Å²) in [5.41, 5.74) is 0. The van der Waals surface area contributed by atoms with Crippen LogP contribution in [0.2, 0.25) is 0 Å². The predicted octanol–water partition coefficient (Wildman–Crippen LogP) is 3.79. The molecule has 0 saturated heterocycles. The third-order valence-electron chi connectivity index (χ3n) is 3.08. The first-order chi connectivity index (χ1) is 9.12. The molecule has 0 atom stereocenters. The molecule has 0 heterocycles. The van der Waals surface area contributed by atoms with Gasteiger partial charge < -0.3 is 0 Å². The molecule has 0 bridgehead atoms. The van der Waals surface area contributed by atoms with Crippen LogP contribution in [0.3, 0.4) is 0 Å². The van der Waals surface area contributed by atoms with E-state index in [1.807, 2.05) is 0 Å². The summed E-state index contributed by atoms with van der Waals surface area (Å²) in [6.45, 7) is 5.94. The van der Waals surface area contributed by atoms with E-state index in [1.54, 1.807) is 0 Å². The minimum absolute atomic E-state index is 0. The minimum atomic E-state index is -3.36. The summed E-state index contributed by atoms with van der Waals surface area (Å²) in [4.78, 5) is 0. The number of rotatable bonds is 14. The van der Waals surface area contributed by atoms with Gasteiger partial charge in [-0.15, -0.1) is 6.58 Å². The van der Waals surface area contributed by atoms with Crippen LogP contribution >= 0.6 is 0 Å². The van der Waals surface area contributed by atoms with Crippen LogP contribution in [-0.4, -0.2) is 50.3 Å². The first kappa shape index (κ1) is 22.9. The topological polar surface area (TPSA) is 43.4 Å². The van der Waals surface area contributed by atoms with E-state index in [-0.39, 0.29) is 35.3 Å². The molecule has 0 N–H and O–H groups in total. The van der Waals surface area contributed by atoms with E-state index in [9.17, 15) is 8.42 Å². The molecule has 3 nitrogen and oxygen atoms in total. The molecule has 0 aliphatic rings. The molecule has 0 aliphatic carbocycles. The molecule has 0 aromatic heterocycles. The number of hydrogen-bond donors (Lipinski definition) is 0. The van der Waals surface area contributed by atoms with Crippen molar-refractivity contribution >= 4 is 39.7 Å². The van der Waals surface area contributed by atoms with E-state index >= 15 is 0 Å². The molecule has 0 saturated carbocycles. The van der Waals surface area contributed by atoms with Gasteiger partial charge in [0.15, 0.2) is 0 Å². The van der Waals surface area contributed by atoms with E-state index in [1.165, 1.54) is 57.4 Å². The van der Waals surface area contributed by atoms with Gasteiger partial charge in [0.2, 0.25) is 0 Å². The fraction of sp³-hybridized carbons (Fsp3) is 0.867. The van der Waals surface area contributed by atoms with Crippen molar-refractivity contribution in [3.63, 3.8) is 0 Å². The van der Waals surface area contributed by atoms with Crippen LogP contribution in [0.25, 0.3) is 0 Å². The molecule has 0 aromatic rings. The van der Waals surface area contributed by atoms with Gasteiger partial charge in [-0.2, -0.15) is 8.42 Å². The van der Waals surface area contributed by atoms with E-state index < -0.39 is 10.1 Å². The number of hydrogen-bond acceptors (Lipinski definition) is 3. The zero-order chi connectivity index (χ0) is 14.4. The van der Waals surface area contributed by atoms with Gasteiger partial charge in [-0.3, -0.25) is 4.18 Å². The Morgan fingerprint density at radius 3 is 1.80 bits per heavy atom. The van der Waals surface area contributed by atoms with Gasteiger partial charge in [0.25, 0.3) is 10.1 Å². The zero-order valence-electron chi connectivity index (χ0n) is 12.4. The Morgan fingerprint density at radius 1 is 0.900 bits per heavy atom. The molecule has 0 radical (unpaired) electrons. The van der Waals surface area contributed by atoms with E-state index in [4.69, 9.17) is 4.18 Å². The molecule has 20 heavy (non-hydrogen) atoms. The Kier molecular flexibility index (Phi) is 18.4. The fourth-order valence-corrected chi connectivity index (χ4v) is 2.72. The van der Waals surface area contributed by atoms with Gasteiger partial charge in [0.05, 0.1) is 12.4 Å². The third kappa shape index (κ3) is 16.7. The Hall–Kier alpha value is 0.650. The van der Waals surface area contributed by atoms with Crippen molar-refractivity contribution in [1.29, 1.82) is 0 Å². The van der Waals surface area contributed by atoms with Crippen LogP contribution in [0, 0.1) is 0 Å². The van der Waals surface area contributed by atoms with Gasteiger partial charge in [0, 0.05) is 0 Å². The normalized spacial score (nSPS) is 11.1. The van der Waals surface area contributed by atoms with Crippen LogP contribution in [0.5, 0.6) is 0 Å². The molecule has 0 fully saturated rings. The van der Waals surface area contributed by atoms with Crippen LogP contribution in [0.1, 0.15) is 71.1 Å². The first-order valence-electron chi connectivity index (χ1n) is 7.60. The molecule has 0 spiro atoms. The van der Waals surface area contributed by atoms with Gasteiger partial charge in [-0.1, -0.05) is 70.8 Å². The Balaban J connectivity index is 0. The summed E-state index contributed by atoms with van der Waals surface area (Å²) in [5.74, 6) is -0.0925. The maximum absolute atomic E-state index is 11.2. The summed E-state index contributed by atoms with van der Waals surface area (Å²) in [6.07, 6.45) is 13.7. The zero-order valence-corrected chi connectivity index (χ0v) is 13.2. The SMILES string of the molecule is C=CCS(=O)(=O)OCCCCCCCCCCCC.[NaH]. The quantitative estimate of drug-likeness (QED) is 0.212. The summed E-state index contributed by atoms with van der Waals surface area (Å²) in [6, 6.07) is 0. The van der Waals surface area contributed by atoms with E-state index in [0.717, 1.165) is 12.8 Å². The summed E-state index contributed by atoms with van der Waals surface area (Å²) < 4.78 is 27.2. The molecule has 0 aliphatic heterocycles. The summed E-state index contributed by atoms with van der Waals surface area (Å²) in [5, 5.41) is 0. The van der Waals surface area contributed by atoms with Crippen molar-refractivity contribution in [2.45, 2.75) is 71.1 Å². The average molecular weight is 314 g/mol. The second kappa shape index (κ2) is 16.0. The van der Waals surface area contributed by atoms with Gasteiger partial charge in [0.1, 0.15) is 0 Å². The third-order valence-corrected chi connectivity index (χ3v) is 4.25. The molecule has 0 amide bonds. The molecule has 5 heteroatoms. The molecular formula is C15H31NaO3S. The second-order valence-corrected chi connectivity index (χ2v) is 6.70. The number of unbranched alkanes of at least 4 members (excludes halogenated alkanes) is 9. The van der Waals surface area contributed by atoms with Crippen LogP contribution in [-0.2, 0) is 14.3 Å². The van der Waals surface area contributed by atoms with Gasteiger partial charge >= 0.3 is 29.6 Å². The standard InChI is InChI=1S/C15H30O3S.Na.H/c1-3-5-6-7-8-9-10-11-12-13-14-18-19(16,17)15-4-2;;/h4H,2-3,5-15H2,1H3;;. The molecule has 116 valence electrons. The monoisotopic (exact) mass is 314 g/mol. The van der Waals surface area contributed by atoms with Crippen LogP contribution in [0.15, 0.2) is 12.7 Å². The predicted molar refractivity (Wildman–Crippen MR) is 88.9 cm³/mol. The average Bonchev–Trinajstić information content (AvgIpc) is 2.36. The van der Waals surface area contributed by atoms with Crippen molar-refractivity contribution < 1.29 is 12.6 Å². The van der Waals surface area contributed by atoms with Crippen molar-refractivity contribution in [1.82, 2.24) is 0 Å². The second-order valence-electron chi connectivity index (χ2n) is 5.02. The first-order valence-corrected chi connectivity index (χ1v) is 9.18. The Bertz CT molecular complexity index is 302. The fourth-order valence-electron chi connectivity index (χ4n) is 1.97. The maximum atomic E-state index is 11.2. The van der Waals surface area contributed by atoms with E-state index in [0.29, 0.717) is 6.61 Å². The Morgan fingerprint density at radius 2 is 1.35 bits per heavy atom. The summed E-state index contributed by atoms with van der Waals surface area (Å²) in [7, 11) is -3.36. The molecule has 0 rings (SSSR count). The van der Waals surface area contributed by atoms with Crippen molar-refractivity contribution in [2.75, 3.05) is 12.4 Å². The van der Waals surface area contributed by atoms with Crippen molar-refractivity contribution in [3.8, 4) is 0 Å². The molecule has 0 aromatic carbocycles. The van der Waals surface area contributed by atoms with Crippen LogP contribution in [0.4, 0.5) is 0 Å². The van der Waals surface area contributed by atoms with Gasteiger partial charge in [-0.05, 0) is 6.42 Å². The van der Waals surface area contributed by atoms with Crippen molar-refractivity contribution in [3.05, 3.63) is 12.7 Å².